The number of aromatic nitrogens is 2. The molecule has 0 fully saturated rings. The number of nitrogens with one attached hydrogen (secondary N) is 2. The molecule has 0 saturated carbocycles. The lowest BCUT2D eigenvalue weighted by Crippen LogP contribution is -2.38. The Morgan fingerprint density at radius 2 is 2.03 bits per heavy atom. The number of nitrogens with zero attached hydrogens (tertiary/aromatic N) is 2. The van der Waals surface area contributed by atoms with Gasteiger partial charge in [0.2, 0.25) is 6.41 Å². The first-order valence-corrected chi connectivity index (χ1v) is 9.10. The summed E-state index contributed by atoms with van der Waals surface area (Å²) in [5.74, 6) is -1.59. The van der Waals surface area contributed by atoms with Crippen molar-refractivity contribution in [1.29, 1.82) is 0 Å². The van der Waals surface area contributed by atoms with Crippen LogP contribution in [0.2, 0.25) is 0 Å². The third kappa shape index (κ3) is 3.61. The molecule has 0 bridgehead atoms. The van der Waals surface area contributed by atoms with Gasteiger partial charge in [-0.15, -0.1) is 0 Å². The second-order valence-corrected chi connectivity index (χ2v) is 6.99. The first-order valence-electron chi connectivity index (χ1n) is 9.10. The lowest BCUT2D eigenvalue weighted by molar-refractivity contribution is -0.105. The Kier molecular flexibility index (Phi) is 4.84. The van der Waals surface area contributed by atoms with Gasteiger partial charge < -0.3 is 15.2 Å². The molecule has 1 aliphatic rings. The third-order valence-electron chi connectivity index (χ3n) is 5.00. The predicted molar refractivity (Wildman–Crippen MR) is 105 cm³/mol. The van der Waals surface area contributed by atoms with Crippen molar-refractivity contribution in [3.05, 3.63) is 65.4 Å². The van der Waals surface area contributed by atoms with Crippen LogP contribution in [0.15, 0.2) is 42.6 Å². The summed E-state index contributed by atoms with van der Waals surface area (Å²) in [5, 5.41) is 3.48. The summed E-state index contributed by atoms with van der Waals surface area (Å²) in [6.07, 6.45) is 4.26. The minimum Gasteiger partial charge on any atom is -0.346 e. The number of carbonyl (C=O) groups is 2. The van der Waals surface area contributed by atoms with Crippen LogP contribution >= 0.6 is 0 Å². The average Bonchev–Trinajstić information content (AvgIpc) is 3.15. The average molecular weight is 396 g/mol. The van der Waals surface area contributed by atoms with Gasteiger partial charge in [-0.25, -0.2) is 13.8 Å². The molecular formula is C21H18F2N4O2. The lowest BCUT2D eigenvalue weighted by atomic mass is 9.89. The highest BCUT2D eigenvalue weighted by Crippen LogP contribution is 2.34. The van der Waals surface area contributed by atoms with Crippen LogP contribution in [-0.4, -0.2) is 40.3 Å². The first kappa shape index (κ1) is 18.8. The van der Waals surface area contributed by atoms with E-state index in [1.807, 2.05) is 19.1 Å². The molecule has 1 aromatic carbocycles. The Hall–Kier alpha value is -3.55. The normalized spacial score (nSPS) is 16.6. The molecule has 8 heteroatoms. The zero-order valence-electron chi connectivity index (χ0n) is 15.6. The van der Waals surface area contributed by atoms with Crippen LogP contribution in [0.4, 0.5) is 14.6 Å². The van der Waals surface area contributed by atoms with Gasteiger partial charge in [0.15, 0.2) is 0 Å². The minimum atomic E-state index is -0.781. The van der Waals surface area contributed by atoms with Crippen LogP contribution in [0.1, 0.15) is 22.8 Å². The molecule has 3 aromatic rings. The smallest absolute Gasteiger partial charge is 0.254 e. The van der Waals surface area contributed by atoms with E-state index in [1.54, 1.807) is 17.2 Å². The third-order valence-corrected chi connectivity index (χ3v) is 5.00. The topological polar surface area (TPSA) is 78.1 Å². The quantitative estimate of drug-likeness (QED) is 0.662. The van der Waals surface area contributed by atoms with Crippen LogP contribution < -0.4 is 5.32 Å². The molecule has 1 atom stereocenters. The Morgan fingerprint density at radius 1 is 1.28 bits per heavy atom. The maximum absolute atomic E-state index is 13.5. The molecule has 2 N–H and O–H groups in total. The fourth-order valence-electron chi connectivity index (χ4n) is 3.73. The van der Waals surface area contributed by atoms with Crippen LogP contribution in [0.3, 0.4) is 0 Å². The maximum Gasteiger partial charge on any atom is 0.254 e. The summed E-state index contributed by atoms with van der Waals surface area (Å²) in [6, 6.07) is 6.53. The Morgan fingerprint density at radius 3 is 2.72 bits per heavy atom. The van der Waals surface area contributed by atoms with E-state index in [4.69, 9.17) is 0 Å². The van der Waals surface area contributed by atoms with Crippen LogP contribution in [-0.2, 0) is 4.79 Å². The molecule has 148 valence electrons. The largest absolute Gasteiger partial charge is 0.346 e. The van der Waals surface area contributed by atoms with Crippen molar-refractivity contribution < 1.29 is 18.4 Å². The van der Waals surface area contributed by atoms with Gasteiger partial charge in [-0.1, -0.05) is 13.0 Å². The number of anilines is 1. The molecular weight excluding hydrogens is 378 g/mol. The molecule has 0 spiro atoms. The molecule has 6 nitrogen and oxygen atoms in total. The van der Waals surface area contributed by atoms with E-state index >= 15 is 0 Å². The Balaban J connectivity index is 1.66. The standard InChI is InChI=1S/C21H18F2N4O2/c1-12-10-27(21(29)13-6-14(22)8-15(23)7-13)5-3-16(12)18-9-19(25-11-28)26-20-17(18)2-4-24-20/h2-4,6-9,11-12H,5,10H2,1H3,(H2,24,25,26,28). The van der Waals surface area contributed by atoms with Crippen molar-refractivity contribution in [2.24, 2.45) is 5.92 Å². The minimum absolute atomic E-state index is 0.0130. The fourth-order valence-corrected chi connectivity index (χ4v) is 3.73. The van der Waals surface area contributed by atoms with Crippen LogP contribution in [0.25, 0.3) is 16.6 Å². The number of aromatic amines is 1. The van der Waals surface area contributed by atoms with E-state index in [0.29, 0.717) is 31.0 Å². The molecule has 0 radical (unpaired) electrons. The Bertz CT molecular complexity index is 1120. The van der Waals surface area contributed by atoms with E-state index in [-0.39, 0.29) is 11.5 Å². The number of fused-ring (bicyclic) bond motifs is 1. The number of hydrogen-bond donors (Lipinski definition) is 2. The first-order chi connectivity index (χ1) is 14.0. The lowest BCUT2D eigenvalue weighted by Gasteiger charge is -2.32. The van der Waals surface area contributed by atoms with Crippen molar-refractivity contribution in [1.82, 2.24) is 14.9 Å². The maximum atomic E-state index is 13.5. The second-order valence-electron chi connectivity index (χ2n) is 6.99. The number of amides is 2. The van der Waals surface area contributed by atoms with Gasteiger partial charge in [-0.2, -0.15) is 0 Å². The highest BCUT2D eigenvalue weighted by molar-refractivity contribution is 5.96. The molecule has 2 aromatic heterocycles. The van der Waals surface area contributed by atoms with E-state index < -0.39 is 17.5 Å². The van der Waals surface area contributed by atoms with Gasteiger partial charge in [-0.05, 0) is 41.3 Å². The SMILES string of the molecule is CC1CN(C(=O)c2cc(F)cc(F)c2)CC=C1c1cc(NC=O)nc2[nH]ccc12. The molecule has 0 aliphatic carbocycles. The Labute approximate surface area is 165 Å². The van der Waals surface area contributed by atoms with E-state index in [1.165, 1.54) is 0 Å². The highest BCUT2D eigenvalue weighted by Gasteiger charge is 2.26. The molecule has 4 rings (SSSR count). The monoisotopic (exact) mass is 396 g/mol. The molecule has 0 saturated heterocycles. The summed E-state index contributed by atoms with van der Waals surface area (Å²) < 4.78 is 26.9. The molecule has 1 aliphatic heterocycles. The van der Waals surface area contributed by atoms with Crippen LogP contribution in [0.5, 0.6) is 0 Å². The van der Waals surface area contributed by atoms with E-state index in [9.17, 15) is 18.4 Å². The van der Waals surface area contributed by atoms with Gasteiger partial charge >= 0.3 is 0 Å². The van der Waals surface area contributed by atoms with Crippen molar-refractivity contribution in [3.63, 3.8) is 0 Å². The number of halogens is 2. The van der Waals surface area contributed by atoms with Crippen molar-refractivity contribution >= 4 is 34.7 Å². The number of pyridine rings is 1. The number of rotatable bonds is 4. The molecule has 1 unspecified atom stereocenters. The molecule has 29 heavy (non-hydrogen) atoms. The van der Waals surface area contributed by atoms with Crippen molar-refractivity contribution in [2.45, 2.75) is 6.92 Å². The predicted octanol–water partition coefficient (Wildman–Crippen LogP) is 3.58. The second kappa shape index (κ2) is 7.46. The zero-order valence-corrected chi connectivity index (χ0v) is 15.6. The zero-order chi connectivity index (χ0) is 20.5. The number of hydrogen-bond acceptors (Lipinski definition) is 3. The van der Waals surface area contributed by atoms with Gasteiger partial charge in [0.1, 0.15) is 23.1 Å². The van der Waals surface area contributed by atoms with Crippen LogP contribution in [0, 0.1) is 17.6 Å². The highest BCUT2D eigenvalue weighted by atomic mass is 19.1. The summed E-state index contributed by atoms with van der Waals surface area (Å²) >= 11 is 0. The molecule has 2 amide bonds. The number of H-pyrrole nitrogens is 1. The summed E-state index contributed by atoms with van der Waals surface area (Å²) in [5.41, 5.74) is 2.56. The fraction of sp³-hybridized carbons (Fsp3) is 0.190. The number of benzene rings is 1. The van der Waals surface area contributed by atoms with Crippen molar-refractivity contribution in [3.8, 4) is 0 Å². The van der Waals surface area contributed by atoms with Crippen molar-refractivity contribution in [2.75, 3.05) is 18.4 Å². The number of carbonyl (C=O) groups excluding carboxylic acids is 2. The van der Waals surface area contributed by atoms with Gasteiger partial charge in [0, 0.05) is 36.3 Å². The van der Waals surface area contributed by atoms with E-state index in [2.05, 4.69) is 15.3 Å². The van der Waals surface area contributed by atoms with Gasteiger partial charge in [0.25, 0.3) is 5.91 Å². The summed E-state index contributed by atoms with van der Waals surface area (Å²) in [7, 11) is 0. The van der Waals surface area contributed by atoms with E-state index in [0.717, 1.165) is 34.7 Å². The summed E-state index contributed by atoms with van der Waals surface area (Å²) in [4.78, 5) is 32.5. The van der Waals surface area contributed by atoms with Gasteiger partial charge in [0.05, 0.1) is 0 Å². The summed E-state index contributed by atoms with van der Waals surface area (Å²) in [6.45, 7) is 2.68. The molecule has 3 heterocycles. The van der Waals surface area contributed by atoms with Gasteiger partial charge in [-0.3, -0.25) is 9.59 Å².